The molecule has 0 radical (unpaired) electrons. The molecule has 3 atom stereocenters. The maximum atomic E-state index is 12.9. The number of para-hydroxylation sites is 1. The van der Waals surface area contributed by atoms with Crippen LogP contribution in [0.3, 0.4) is 0 Å². The van der Waals surface area contributed by atoms with Gasteiger partial charge >= 0.3 is 0 Å². The van der Waals surface area contributed by atoms with Crippen molar-refractivity contribution in [3.8, 4) is 5.75 Å². The number of rotatable bonds is 2. The number of nitrogens with zero attached hydrogens (tertiary/aromatic N) is 1. The van der Waals surface area contributed by atoms with Gasteiger partial charge in [0.15, 0.2) is 0 Å². The van der Waals surface area contributed by atoms with Gasteiger partial charge in [0.1, 0.15) is 18.3 Å². The molecular weight excluding hydrogens is 264 g/mol. The molecule has 0 saturated carbocycles. The molecule has 4 heteroatoms. The van der Waals surface area contributed by atoms with E-state index in [1.54, 1.807) is 0 Å². The molecule has 2 fully saturated rings. The standard InChI is InChI=1S/C17H22N2O2/c1-19(13-8-11-6-7-12(9-13)18-11)17(20)15-10-21-16-5-3-2-4-14(15)16/h2-5,11-13,15,18H,6-10H2,1H3. The summed E-state index contributed by atoms with van der Waals surface area (Å²) >= 11 is 0. The summed E-state index contributed by atoms with van der Waals surface area (Å²) in [5, 5.41) is 3.64. The minimum Gasteiger partial charge on any atom is -0.492 e. The SMILES string of the molecule is CN(C(=O)C1COc2ccccc21)C1CC2CCC(C1)N2. The Kier molecular flexibility index (Phi) is 3.14. The summed E-state index contributed by atoms with van der Waals surface area (Å²) in [6.07, 6.45) is 4.71. The molecule has 3 aliphatic rings. The number of nitrogens with one attached hydrogen (secondary N) is 1. The highest BCUT2D eigenvalue weighted by atomic mass is 16.5. The Labute approximate surface area is 125 Å². The molecule has 0 aromatic heterocycles. The van der Waals surface area contributed by atoms with E-state index in [2.05, 4.69) is 5.32 Å². The third-order valence-corrected chi connectivity index (χ3v) is 5.34. The predicted molar refractivity (Wildman–Crippen MR) is 80.4 cm³/mol. The Bertz CT molecular complexity index is 547. The molecule has 2 saturated heterocycles. The highest BCUT2D eigenvalue weighted by molar-refractivity contribution is 5.85. The highest BCUT2D eigenvalue weighted by Crippen LogP contribution is 2.36. The first-order chi connectivity index (χ1) is 10.2. The summed E-state index contributed by atoms with van der Waals surface area (Å²) in [5.74, 6) is 0.958. The molecule has 1 N–H and O–H groups in total. The summed E-state index contributed by atoms with van der Waals surface area (Å²) in [7, 11) is 1.97. The molecule has 3 heterocycles. The molecular formula is C17H22N2O2. The van der Waals surface area contributed by atoms with E-state index in [4.69, 9.17) is 4.74 Å². The van der Waals surface area contributed by atoms with Gasteiger partial charge in [0.05, 0.1) is 0 Å². The van der Waals surface area contributed by atoms with Crippen molar-refractivity contribution in [3.63, 3.8) is 0 Å². The largest absolute Gasteiger partial charge is 0.492 e. The fraction of sp³-hybridized carbons (Fsp3) is 0.588. The van der Waals surface area contributed by atoms with Crippen molar-refractivity contribution in [1.82, 2.24) is 10.2 Å². The number of carbonyl (C=O) groups excluding carboxylic acids is 1. The van der Waals surface area contributed by atoms with Gasteiger partial charge in [0.2, 0.25) is 5.91 Å². The summed E-state index contributed by atoms with van der Waals surface area (Å²) in [5.41, 5.74) is 1.05. The van der Waals surface area contributed by atoms with Crippen LogP contribution in [0.4, 0.5) is 0 Å². The second kappa shape index (κ2) is 5.02. The minimum absolute atomic E-state index is 0.126. The second-order valence-corrected chi connectivity index (χ2v) is 6.61. The molecule has 21 heavy (non-hydrogen) atoms. The maximum absolute atomic E-state index is 12.9. The number of amides is 1. The van der Waals surface area contributed by atoms with Crippen molar-refractivity contribution in [2.24, 2.45) is 0 Å². The molecule has 0 aliphatic carbocycles. The first-order valence-electron chi connectivity index (χ1n) is 7.97. The highest BCUT2D eigenvalue weighted by Gasteiger charge is 2.39. The van der Waals surface area contributed by atoms with Crippen molar-refractivity contribution >= 4 is 5.91 Å². The third-order valence-electron chi connectivity index (χ3n) is 5.34. The Morgan fingerprint density at radius 3 is 2.71 bits per heavy atom. The predicted octanol–water partition coefficient (Wildman–Crippen LogP) is 1.90. The van der Waals surface area contributed by atoms with E-state index in [-0.39, 0.29) is 11.8 Å². The molecule has 2 bridgehead atoms. The van der Waals surface area contributed by atoms with Gasteiger partial charge in [-0.3, -0.25) is 4.79 Å². The fourth-order valence-electron chi connectivity index (χ4n) is 4.14. The van der Waals surface area contributed by atoms with Crippen LogP contribution in [0.15, 0.2) is 24.3 Å². The maximum Gasteiger partial charge on any atom is 0.233 e. The van der Waals surface area contributed by atoms with Crippen LogP contribution in [0.25, 0.3) is 0 Å². The van der Waals surface area contributed by atoms with Crippen LogP contribution in [-0.4, -0.2) is 42.6 Å². The number of piperidine rings is 1. The van der Waals surface area contributed by atoms with E-state index in [9.17, 15) is 4.79 Å². The molecule has 4 nitrogen and oxygen atoms in total. The van der Waals surface area contributed by atoms with E-state index < -0.39 is 0 Å². The summed E-state index contributed by atoms with van der Waals surface area (Å²) in [6, 6.07) is 9.51. The lowest BCUT2D eigenvalue weighted by Gasteiger charge is -2.36. The van der Waals surface area contributed by atoms with Crippen LogP contribution in [0.5, 0.6) is 5.75 Å². The molecule has 3 aliphatic heterocycles. The monoisotopic (exact) mass is 286 g/mol. The number of hydrogen-bond donors (Lipinski definition) is 1. The van der Waals surface area contributed by atoms with Gasteiger partial charge in [0.25, 0.3) is 0 Å². The summed E-state index contributed by atoms with van der Waals surface area (Å²) in [6.45, 7) is 0.486. The number of likely N-dealkylation sites (N-methyl/N-ethyl adjacent to an activating group) is 1. The molecule has 112 valence electrons. The van der Waals surface area contributed by atoms with Crippen LogP contribution in [0.1, 0.15) is 37.2 Å². The molecule has 4 rings (SSSR count). The molecule has 1 amide bonds. The van der Waals surface area contributed by atoms with E-state index in [0.717, 1.165) is 24.2 Å². The lowest BCUT2D eigenvalue weighted by molar-refractivity contribution is -0.134. The van der Waals surface area contributed by atoms with Gasteiger partial charge in [-0.25, -0.2) is 0 Å². The Hall–Kier alpha value is -1.55. The van der Waals surface area contributed by atoms with Gasteiger partial charge in [-0.1, -0.05) is 18.2 Å². The number of ether oxygens (including phenoxy) is 1. The van der Waals surface area contributed by atoms with E-state index in [1.807, 2.05) is 36.2 Å². The zero-order chi connectivity index (χ0) is 14.4. The summed E-state index contributed by atoms with van der Waals surface area (Å²) in [4.78, 5) is 14.9. The number of fused-ring (bicyclic) bond motifs is 3. The number of carbonyl (C=O) groups is 1. The van der Waals surface area contributed by atoms with E-state index in [1.165, 1.54) is 12.8 Å². The van der Waals surface area contributed by atoms with E-state index >= 15 is 0 Å². The smallest absolute Gasteiger partial charge is 0.233 e. The third kappa shape index (κ3) is 2.22. The second-order valence-electron chi connectivity index (χ2n) is 6.61. The Morgan fingerprint density at radius 2 is 1.95 bits per heavy atom. The fourth-order valence-corrected chi connectivity index (χ4v) is 4.14. The minimum atomic E-state index is -0.126. The molecule has 3 unspecified atom stereocenters. The lowest BCUT2D eigenvalue weighted by atomic mass is 9.95. The normalized spacial score (nSPS) is 33.4. The van der Waals surface area contributed by atoms with Gasteiger partial charge in [-0.05, 0) is 31.7 Å². The van der Waals surface area contributed by atoms with Crippen LogP contribution in [-0.2, 0) is 4.79 Å². The molecule has 1 aromatic rings. The van der Waals surface area contributed by atoms with Crippen molar-refractivity contribution in [1.29, 1.82) is 0 Å². The van der Waals surface area contributed by atoms with Crippen LogP contribution in [0, 0.1) is 0 Å². The van der Waals surface area contributed by atoms with Crippen LogP contribution in [0.2, 0.25) is 0 Å². The van der Waals surface area contributed by atoms with Gasteiger partial charge < -0.3 is 15.0 Å². The van der Waals surface area contributed by atoms with Crippen molar-refractivity contribution in [2.45, 2.75) is 49.7 Å². The van der Waals surface area contributed by atoms with Crippen molar-refractivity contribution in [2.75, 3.05) is 13.7 Å². The first-order valence-corrected chi connectivity index (χ1v) is 7.97. The van der Waals surface area contributed by atoms with Gasteiger partial charge in [0, 0.05) is 30.7 Å². The quantitative estimate of drug-likeness (QED) is 0.903. The number of benzene rings is 1. The van der Waals surface area contributed by atoms with Crippen LogP contribution >= 0.6 is 0 Å². The number of hydrogen-bond acceptors (Lipinski definition) is 3. The Morgan fingerprint density at radius 1 is 1.24 bits per heavy atom. The van der Waals surface area contributed by atoms with Crippen molar-refractivity contribution in [3.05, 3.63) is 29.8 Å². The van der Waals surface area contributed by atoms with Crippen LogP contribution < -0.4 is 10.1 Å². The van der Waals surface area contributed by atoms with Gasteiger partial charge in [-0.2, -0.15) is 0 Å². The average Bonchev–Trinajstić information content (AvgIpc) is 3.09. The molecule has 0 spiro atoms. The van der Waals surface area contributed by atoms with Gasteiger partial charge in [-0.15, -0.1) is 0 Å². The Balaban J connectivity index is 1.50. The zero-order valence-corrected chi connectivity index (χ0v) is 12.4. The average molecular weight is 286 g/mol. The zero-order valence-electron chi connectivity index (χ0n) is 12.4. The first kappa shape index (κ1) is 13.1. The molecule has 1 aromatic carbocycles. The van der Waals surface area contributed by atoms with Crippen molar-refractivity contribution < 1.29 is 9.53 Å². The lowest BCUT2D eigenvalue weighted by Crippen LogP contribution is -2.49. The summed E-state index contributed by atoms with van der Waals surface area (Å²) < 4.78 is 5.66. The topological polar surface area (TPSA) is 41.6 Å². The van der Waals surface area contributed by atoms with E-state index in [0.29, 0.717) is 24.7 Å².